The minimum atomic E-state index is -0.512. The number of carbonyl (C=O) groups excluding carboxylic acids is 1. The zero-order valence-electron chi connectivity index (χ0n) is 13.4. The summed E-state index contributed by atoms with van der Waals surface area (Å²) in [6, 6.07) is 9.04. The van der Waals surface area contributed by atoms with Gasteiger partial charge in [-0.05, 0) is 24.3 Å². The molecule has 0 aliphatic rings. The Labute approximate surface area is 127 Å². The number of hydrogen-bond acceptors (Lipinski definition) is 4. The van der Waals surface area contributed by atoms with Gasteiger partial charge < -0.3 is 9.84 Å². The third kappa shape index (κ3) is 5.48. The van der Waals surface area contributed by atoms with E-state index in [9.17, 15) is 9.90 Å². The Bertz CT molecular complexity index is 425. The van der Waals surface area contributed by atoms with Crippen molar-refractivity contribution in [2.75, 3.05) is 13.2 Å². The molecule has 1 aromatic carbocycles. The molecule has 0 heterocycles. The minimum Gasteiger partial charge on any atom is -0.465 e. The van der Waals surface area contributed by atoms with Crippen LogP contribution >= 0.6 is 0 Å². The van der Waals surface area contributed by atoms with Crippen LogP contribution in [0.1, 0.15) is 45.7 Å². The predicted octanol–water partition coefficient (Wildman–Crippen LogP) is 2.68. The number of esters is 1. The molecular formula is C17H27NO3. The Balaban J connectivity index is 2.98. The molecule has 4 nitrogen and oxygen atoms in total. The van der Waals surface area contributed by atoms with E-state index >= 15 is 0 Å². The van der Waals surface area contributed by atoms with E-state index in [-0.39, 0.29) is 24.0 Å². The van der Waals surface area contributed by atoms with Crippen LogP contribution in [-0.2, 0) is 9.53 Å². The summed E-state index contributed by atoms with van der Waals surface area (Å²) < 4.78 is 5.19. The molecule has 0 saturated carbocycles. The average Bonchev–Trinajstić information content (AvgIpc) is 2.43. The van der Waals surface area contributed by atoms with Crippen molar-refractivity contribution >= 4 is 5.97 Å². The minimum absolute atomic E-state index is 0.0112. The van der Waals surface area contributed by atoms with Crippen LogP contribution in [0, 0.1) is 5.41 Å². The first kappa shape index (κ1) is 17.7. The fraction of sp³-hybridized carbons (Fsp3) is 0.588. The SMILES string of the molecule is CCOC(=O)C(NC(CCO)C(C)(C)C)c1ccccc1. The van der Waals surface area contributed by atoms with Crippen molar-refractivity contribution in [3.8, 4) is 0 Å². The Morgan fingerprint density at radius 1 is 1.29 bits per heavy atom. The van der Waals surface area contributed by atoms with Crippen LogP contribution in [0.3, 0.4) is 0 Å². The summed E-state index contributed by atoms with van der Waals surface area (Å²) in [6.45, 7) is 8.51. The lowest BCUT2D eigenvalue weighted by Crippen LogP contribution is -2.45. The third-order valence-electron chi connectivity index (χ3n) is 3.49. The normalized spacial score (nSPS) is 14.5. The van der Waals surface area contributed by atoms with E-state index in [4.69, 9.17) is 4.74 Å². The van der Waals surface area contributed by atoms with E-state index in [0.29, 0.717) is 13.0 Å². The molecule has 0 radical (unpaired) electrons. The van der Waals surface area contributed by atoms with Gasteiger partial charge in [-0.25, -0.2) is 4.79 Å². The Kier molecular flexibility index (Phi) is 6.85. The molecule has 0 bridgehead atoms. The highest BCUT2D eigenvalue weighted by atomic mass is 16.5. The number of carbonyl (C=O) groups is 1. The topological polar surface area (TPSA) is 58.6 Å². The maximum atomic E-state index is 12.3. The van der Waals surface area contributed by atoms with Crippen molar-refractivity contribution in [2.45, 2.75) is 46.2 Å². The number of ether oxygens (including phenoxy) is 1. The second kappa shape index (κ2) is 8.15. The lowest BCUT2D eigenvalue weighted by Gasteiger charge is -2.34. The van der Waals surface area contributed by atoms with Crippen LogP contribution in [0.5, 0.6) is 0 Å². The highest BCUT2D eigenvalue weighted by molar-refractivity contribution is 5.77. The van der Waals surface area contributed by atoms with E-state index in [1.807, 2.05) is 30.3 Å². The Hall–Kier alpha value is -1.39. The molecule has 0 fully saturated rings. The molecule has 2 atom stereocenters. The molecular weight excluding hydrogens is 266 g/mol. The van der Waals surface area contributed by atoms with Crippen LogP contribution < -0.4 is 5.32 Å². The Morgan fingerprint density at radius 3 is 2.38 bits per heavy atom. The van der Waals surface area contributed by atoms with E-state index < -0.39 is 6.04 Å². The van der Waals surface area contributed by atoms with E-state index in [1.54, 1.807) is 6.92 Å². The van der Waals surface area contributed by atoms with E-state index in [0.717, 1.165) is 5.56 Å². The molecule has 21 heavy (non-hydrogen) atoms. The lowest BCUT2D eigenvalue weighted by molar-refractivity contribution is -0.146. The number of hydrogen-bond donors (Lipinski definition) is 2. The Morgan fingerprint density at radius 2 is 1.90 bits per heavy atom. The summed E-state index contributed by atoms with van der Waals surface area (Å²) in [4.78, 5) is 12.3. The molecule has 0 aliphatic heterocycles. The molecule has 2 N–H and O–H groups in total. The monoisotopic (exact) mass is 293 g/mol. The van der Waals surface area contributed by atoms with Crippen molar-refractivity contribution in [3.05, 3.63) is 35.9 Å². The maximum absolute atomic E-state index is 12.3. The molecule has 0 amide bonds. The lowest BCUT2D eigenvalue weighted by atomic mass is 9.84. The first-order chi connectivity index (χ1) is 9.90. The number of nitrogens with one attached hydrogen (secondary N) is 1. The van der Waals surface area contributed by atoms with Gasteiger partial charge in [0, 0.05) is 12.6 Å². The fourth-order valence-electron chi connectivity index (χ4n) is 2.27. The van der Waals surface area contributed by atoms with Crippen molar-refractivity contribution in [2.24, 2.45) is 5.41 Å². The summed E-state index contributed by atoms with van der Waals surface area (Å²) in [6.07, 6.45) is 0.590. The van der Waals surface area contributed by atoms with Gasteiger partial charge in [0.1, 0.15) is 6.04 Å². The smallest absolute Gasteiger partial charge is 0.327 e. The van der Waals surface area contributed by atoms with Crippen molar-refractivity contribution < 1.29 is 14.6 Å². The molecule has 0 aromatic heterocycles. The van der Waals surface area contributed by atoms with E-state index in [2.05, 4.69) is 26.1 Å². The number of aliphatic hydroxyl groups excluding tert-OH is 1. The van der Waals surface area contributed by atoms with E-state index in [1.165, 1.54) is 0 Å². The summed E-state index contributed by atoms with van der Waals surface area (Å²) in [5, 5.41) is 12.6. The number of benzene rings is 1. The average molecular weight is 293 g/mol. The van der Waals surface area contributed by atoms with Crippen LogP contribution in [0.4, 0.5) is 0 Å². The van der Waals surface area contributed by atoms with Crippen LogP contribution in [0.15, 0.2) is 30.3 Å². The first-order valence-electron chi connectivity index (χ1n) is 7.48. The van der Waals surface area contributed by atoms with Gasteiger partial charge in [-0.1, -0.05) is 51.1 Å². The summed E-state index contributed by atoms with van der Waals surface area (Å²) in [5.41, 5.74) is 0.811. The molecule has 118 valence electrons. The van der Waals surface area contributed by atoms with Gasteiger partial charge >= 0.3 is 5.97 Å². The van der Waals surface area contributed by atoms with Crippen LogP contribution in [0.2, 0.25) is 0 Å². The molecule has 0 aliphatic carbocycles. The second-order valence-electron chi connectivity index (χ2n) is 6.19. The second-order valence-corrected chi connectivity index (χ2v) is 6.19. The molecule has 1 aromatic rings. The van der Waals surface area contributed by atoms with Crippen LogP contribution in [-0.4, -0.2) is 30.3 Å². The quantitative estimate of drug-likeness (QED) is 0.759. The third-order valence-corrected chi connectivity index (χ3v) is 3.49. The van der Waals surface area contributed by atoms with Gasteiger partial charge in [-0.2, -0.15) is 0 Å². The van der Waals surface area contributed by atoms with Crippen molar-refractivity contribution in [3.63, 3.8) is 0 Å². The van der Waals surface area contributed by atoms with Gasteiger partial charge in [0.05, 0.1) is 6.61 Å². The van der Waals surface area contributed by atoms with Gasteiger partial charge in [0.25, 0.3) is 0 Å². The van der Waals surface area contributed by atoms with Gasteiger partial charge in [0.2, 0.25) is 0 Å². The van der Waals surface area contributed by atoms with Gasteiger partial charge in [0.15, 0.2) is 0 Å². The molecule has 2 unspecified atom stereocenters. The van der Waals surface area contributed by atoms with Gasteiger partial charge in [-0.3, -0.25) is 5.32 Å². The zero-order valence-corrected chi connectivity index (χ0v) is 13.4. The highest BCUT2D eigenvalue weighted by Crippen LogP contribution is 2.25. The maximum Gasteiger partial charge on any atom is 0.327 e. The fourth-order valence-corrected chi connectivity index (χ4v) is 2.27. The molecule has 0 spiro atoms. The number of aliphatic hydroxyl groups is 1. The standard InChI is InChI=1S/C17H27NO3/c1-5-21-16(20)15(13-9-7-6-8-10-13)18-14(11-12-19)17(2,3)4/h6-10,14-15,18-19H,5,11-12H2,1-4H3. The predicted molar refractivity (Wildman–Crippen MR) is 83.9 cm³/mol. The largest absolute Gasteiger partial charge is 0.465 e. The summed E-state index contributed by atoms with van der Waals surface area (Å²) in [5.74, 6) is -0.282. The first-order valence-corrected chi connectivity index (χ1v) is 7.48. The summed E-state index contributed by atoms with van der Waals surface area (Å²) >= 11 is 0. The van der Waals surface area contributed by atoms with Crippen molar-refractivity contribution in [1.82, 2.24) is 5.32 Å². The zero-order chi connectivity index (χ0) is 15.9. The molecule has 1 rings (SSSR count). The molecule has 0 saturated heterocycles. The summed E-state index contributed by atoms with van der Waals surface area (Å²) in [7, 11) is 0. The van der Waals surface area contributed by atoms with Crippen LogP contribution in [0.25, 0.3) is 0 Å². The number of rotatable bonds is 7. The van der Waals surface area contributed by atoms with Gasteiger partial charge in [-0.15, -0.1) is 0 Å². The van der Waals surface area contributed by atoms with Crippen molar-refractivity contribution in [1.29, 1.82) is 0 Å². The molecule has 4 heteroatoms. The highest BCUT2D eigenvalue weighted by Gasteiger charge is 2.30.